The summed E-state index contributed by atoms with van der Waals surface area (Å²) in [5.41, 5.74) is -0.0497. The molecular formula is C9H16N2O. The molecule has 0 amide bonds. The van der Waals surface area contributed by atoms with Crippen LogP contribution in [0.5, 0.6) is 0 Å². The summed E-state index contributed by atoms with van der Waals surface area (Å²) >= 11 is 0. The number of nitrogens with zero attached hydrogens (tertiary/aromatic N) is 1. The zero-order valence-corrected chi connectivity index (χ0v) is 8.05. The molecule has 1 heterocycles. The van der Waals surface area contributed by atoms with Gasteiger partial charge in [-0.05, 0) is 13.8 Å². The molecule has 0 aliphatic heterocycles. The summed E-state index contributed by atoms with van der Waals surface area (Å²) in [6.07, 6.45) is 1.69. The van der Waals surface area contributed by atoms with Gasteiger partial charge >= 0.3 is 0 Å². The highest BCUT2D eigenvalue weighted by molar-refractivity contribution is 5.10. The van der Waals surface area contributed by atoms with Crippen molar-refractivity contribution in [3.8, 4) is 0 Å². The Balaban J connectivity index is 2.92. The second kappa shape index (κ2) is 2.90. The van der Waals surface area contributed by atoms with E-state index in [-0.39, 0.29) is 0 Å². The van der Waals surface area contributed by atoms with Crippen molar-refractivity contribution >= 4 is 0 Å². The van der Waals surface area contributed by atoms with Crippen LogP contribution in [0.3, 0.4) is 0 Å². The molecule has 2 N–H and O–H groups in total. The summed E-state index contributed by atoms with van der Waals surface area (Å²) in [4.78, 5) is 7.26. The SMILES string of the molecule is CC(C)c1ncc(C(C)(C)O)[nH]1. The molecule has 1 aromatic heterocycles. The van der Waals surface area contributed by atoms with Crippen LogP contribution in [0.1, 0.15) is 45.1 Å². The van der Waals surface area contributed by atoms with Gasteiger partial charge in [-0.2, -0.15) is 0 Å². The molecule has 0 unspecified atom stereocenters. The molecule has 0 atom stereocenters. The van der Waals surface area contributed by atoms with E-state index in [9.17, 15) is 5.11 Å². The lowest BCUT2D eigenvalue weighted by molar-refractivity contribution is 0.0742. The average molecular weight is 168 g/mol. The first-order valence-corrected chi connectivity index (χ1v) is 4.19. The number of nitrogens with one attached hydrogen (secondary N) is 1. The number of hydrogen-bond donors (Lipinski definition) is 2. The van der Waals surface area contributed by atoms with Crippen LogP contribution in [-0.4, -0.2) is 15.1 Å². The Bertz CT molecular complexity index is 258. The highest BCUT2D eigenvalue weighted by Crippen LogP contribution is 2.19. The number of imidazole rings is 1. The molecule has 12 heavy (non-hydrogen) atoms. The fraction of sp³-hybridized carbons (Fsp3) is 0.667. The van der Waals surface area contributed by atoms with Crippen molar-refractivity contribution in [1.82, 2.24) is 9.97 Å². The van der Waals surface area contributed by atoms with Gasteiger partial charge in [0.1, 0.15) is 11.4 Å². The van der Waals surface area contributed by atoms with Gasteiger partial charge in [0, 0.05) is 5.92 Å². The van der Waals surface area contributed by atoms with E-state index in [0.29, 0.717) is 5.92 Å². The van der Waals surface area contributed by atoms with Crippen LogP contribution in [0.2, 0.25) is 0 Å². The van der Waals surface area contributed by atoms with Gasteiger partial charge in [0.05, 0.1) is 11.9 Å². The Morgan fingerprint density at radius 3 is 2.33 bits per heavy atom. The standard InChI is InChI=1S/C9H16N2O/c1-6(2)8-10-5-7(11-8)9(3,4)12/h5-6,12H,1-4H3,(H,10,11). The molecular weight excluding hydrogens is 152 g/mol. The van der Waals surface area contributed by atoms with Crippen molar-refractivity contribution in [1.29, 1.82) is 0 Å². The number of aromatic nitrogens is 2. The van der Waals surface area contributed by atoms with Crippen LogP contribution in [0.4, 0.5) is 0 Å². The van der Waals surface area contributed by atoms with Gasteiger partial charge in [-0.3, -0.25) is 0 Å². The molecule has 3 heteroatoms. The van der Waals surface area contributed by atoms with Gasteiger partial charge in [0.15, 0.2) is 0 Å². The topological polar surface area (TPSA) is 48.9 Å². The molecule has 0 aliphatic rings. The third-order valence-corrected chi connectivity index (χ3v) is 1.80. The molecule has 0 aromatic carbocycles. The Hall–Kier alpha value is -0.830. The molecule has 1 rings (SSSR count). The van der Waals surface area contributed by atoms with Crippen LogP contribution < -0.4 is 0 Å². The summed E-state index contributed by atoms with van der Waals surface area (Å²) in [5, 5.41) is 9.61. The molecule has 0 saturated heterocycles. The molecule has 68 valence electrons. The fourth-order valence-corrected chi connectivity index (χ4v) is 0.941. The first kappa shape index (κ1) is 9.26. The number of H-pyrrole nitrogens is 1. The highest BCUT2D eigenvalue weighted by atomic mass is 16.3. The minimum absolute atomic E-state index is 0.376. The lowest BCUT2D eigenvalue weighted by Gasteiger charge is -2.14. The minimum atomic E-state index is -0.819. The molecule has 0 bridgehead atoms. The second-order valence-electron chi connectivity index (χ2n) is 3.90. The molecule has 3 nitrogen and oxygen atoms in total. The third kappa shape index (κ3) is 1.85. The lowest BCUT2D eigenvalue weighted by Crippen LogP contribution is -2.15. The number of aliphatic hydroxyl groups is 1. The predicted molar refractivity (Wildman–Crippen MR) is 47.9 cm³/mol. The summed E-state index contributed by atoms with van der Waals surface area (Å²) < 4.78 is 0. The van der Waals surface area contributed by atoms with Gasteiger partial charge < -0.3 is 10.1 Å². The van der Waals surface area contributed by atoms with Crippen molar-refractivity contribution < 1.29 is 5.11 Å². The van der Waals surface area contributed by atoms with Gasteiger partial charge in [-0.15, -0.1) is 0 Å². The number of rotatable bonds is 2. The Morgan fingerprint density at radius 1 is 1.50 bits per heavy atom. The number of aromatic amines is 1. The number of hydrogen-bond acceptors (Lipinski definition) is 2. The van der Waals surface area contributed by atoms with Crippen molar-refractivity contribution in [2.45, 2.75) is 39.2 Å². The van der Waals surface area contributed by atoms with Crippen LogP contribution in [0.25, 0.3) is 0 Å². The quantitative estimate of drug-likeness (QED) is 0.707. The third-order valence-electron chi connectivity index (χ3n) is 1.80. The molecule has 0 spiro atoms. The van der Waals surface area contributed by atoms with E-state index in [2.05, 4.69) is 23.8 Å². The van der Waals surface area contributed by atoms with Crippen molar-refractivity contribution in [3.05, 3.63) is 17.7 Å². The zero-order valence-electron chi connectivity index (χ0n) is 8.05. The van der Waals surface area contributed by atoms with E-state index in [0.717, 1.165) is 11.5 Å². The summed E-state index contributed by atoms with van der Waals surface area (Å²) in [7, 11) is 0. The summed E-state index contributed by atoms with van der Waals surface area (Å²) in [5.74, 6) is 1.30. The largest absolute Gasteiger partial charge is 0.384 e. The minimum Gasteiger partial charge on any atom is -0.384 e. The predicted octanol–water partition coefficient (Wildman–Crippen LogP) is 1.76. The first-order valence-electron chi connectivity index (χ1n) is 4.19. The van der Waals surface area contributed by atoms with Crippen molar-refractivity contribution in [2.24, 2.45) is 0 Å². The maximum atomic E-state index is 9.61. The lowest BCUT2D eigenvalue weighted by atomic mass is 10.1. The van der Waals surface area contributed by atoms with Gasteiger partial charge in [0.25, 0.3) is 0 Å². The van der Waals surface area contributed by atoms with Crippen LogP contribution in [0.15, 0.2) is 6.20 Å². The monoisotopic (exact) mass is 168 g/mol. The Kier molecular flexibility index (Phi) is 2.24. The van der Waals surface area contributed by atoms with E-state index < -0.39 is 5.60 Å². The molecule has 0 saturated carbocycles. The summed E-state index contributed by atoms with van der Waals surface area (Å²) in [6.45, 7) is 7.61. The maximum Gasteiger partial charge on any atom is 0.108 e. The summed E-state index contributed by atoms with van der Waals surface area (Å²) in [6, 6.07) is 0. The van der Waals surface area contributed by atoms with Gasteiger partial charge in [0.2, 0.25) is 0 Å². The van der Waals surface area contributed by atoms with Gasteiger partial charge in [-0.1, -0.05) is 13.8 Å². The van der Waals surface area contributed by atoms with E-state index in [1.54, 1.807) is 20.0 Å². The molecule has 0 radical (unpaired) electrons. The molecule has 0 fully saturated rings. The van der Waals surface area contributed by atoms with Crippen molar-refractivity contribution in [2.75, 3.05) is 0 Å². The smallest absolute Gasteiger partial charge is 0.108 e. The first-order chi connectivity index (χ1) is 5.41. The van der Waals surface area contributed by atoms with Crippen molar-refractivity contribution in [3.63, 3.8) is 0 Å². The van der Waals surface area contributed by atoms with E-state index in [1.807, 2.05) is 0 Å². The zero-order chi connectivity index (χ0) is 9.35. The normalized spacial score (nSPS) is 12.5. The molecule has 0 aliphatic carbocycles. The highest BCUT2D eigenvalue weighted by Gasteiger charge is 2.18. The Morgan fingerprint density at radius 2 is 2.08 bits per heavy atom. The van der Waals surface area contributed by atoms with E-state index in [1.165, 1.54) is 0 Å². The van der Waals surface area contributed by atoms with Crippen LogP contribution in [-0.2, 0) is 5.60 Å². The molecule has 1 aromatic rings. The van der Waals surface area contributed by atoms with Crippen LogP contribution >= 0.6 is 0 Å². The van der Waals surface area contributed by atoms with Gasteiger partial charge in [-0.25, -0.2) is 4.98 Å². The van der Waals surface area contributed by atoms with Crippen LogP contribution in [0, 0.1) is 0 Å². The second-order valence-corrected chi connectivity index (χ2v) is 3.90. The van der Waals surface area contributed by atoms with E-state index in [4.69, 9.17) is 0 Å². The average Bonchev–Trinajstić information content (AvgIpc) is 2.30. The Labute approximate surface area is 72.8 Å². The van der Waals surface area contributed by atoms with E-state index >= 15 is 0 Å². The fourth-order valence-electron chi connectivity index (χ4n) is 0.941. The maximum absolute atomic E-state index is 9.61.